The van der Waals surface area contributed by atoms with Gasteiger partial charge in [-0.25, -0.2) is 0 Å². The second kappa shape index (κ2) is 6.75. The van der Waals surface area contributed by atoms with Crippen LogP contribution < -0.4 is 9.22 Å². The number of nitrogens with zero attached hydrogens (tertiary/aromatic N) is 2. The zero-order valence-corrected chi connectivity index (χ0v) is 16.6. The van der Waals surface area contributed by atoms with Crippen molar-refractivity contribution in [2.24, 2.45) is 0 Å². The molecular formula is C21H26BrN2O+. The van der Waals surface area contributed by atoms with Crippen molar-refractivity contribution in [3.63, 3.8) is 0 Å². The summed E-state index contributed by atoms with van der Waals surface area (Å²) < 4.78 is 7.50. The van der Waals surface area contributed by atoms with Gasteiger partial charge in [0.1, 0.15) is 11.4 Å². The predicted octanol–water partition coefficient (Wildman–Crippen LogP) is 4.27. The van der Waals surface area contributed by atoms with Crippen LogP contribution in [0.1, 0.15) is 17.9 Å². The Morgan fingerprint density at radius 3 is 2.48 bits per heavy atom. The highest BCUT2D eigenvalue weighted by Crippen LogP contribution is 2.45. The SMILES string of the molecule is COc1cc([N+]2(C)CCN([C@H]3C[C@@H]3c3ccccc3)CC2)ccc1Br. The van der Waals surface area contributed by atoms with Gasteiger partial charge in [-0.2, -0.15) is 0 Å². The molecule has 3 nitrogen and oxygen atoms in total. The predicted molar refractivity (Wildman–Crippen MR) is 107 cm³/mol. The van der Waals surface area contributed by atoms with E-state index in [9.17, 15) is 0 Å². The Kier molecular flexibility index (Phi) is 4.61. The van der Waals surface area contributed by atoms with Gasteiger partial charge in [0, 0.05) is 37.2 Å². The lowest BCUT2D eigenvalue weighted by Crippen LogP contribution is -2.58. The van der Waals surface area contributed by atoms with Crippen molar-refractivity contribution >= 4 is 21.6 Å². The summed E-state index contributed by atoms with van der Waals surface area (Å²) in [6.07, 6.45) is 1.32. The lowest BCUT2D eigenvalue weighted by atomic mass is 10.1. The number of hydrogen-bond acceptors (Lipinski definition) is 2. The van der Waals surface area contributed by atoms with Crippen molar-refractivity contribution in [1.29, 1.82) is 0 Å². The van der Waals surface area contributed by atoms with Crippen molar-refractivity contribution < 1.29 is 4.74 Å². The molecule has 4 heteroatoms. The summed E-state index contributed by atoms with van der Waals surface area (Å²) in [7, 11) is 4.08. The minimum atomic E-state index is 0.742. The highest BCUT2D eigenvalue weighted by molar-refractivity contribution is 9.10. The lowest BCUT2D eigenvalue weighted by molar-refractivity contribution is 0.147. The van der Waals surface area contributed by atoms with E-state index in [1.165, 1.54) is 30.8 Å². The minimum Gasteiger partial charge on any atom is -0.495 e. The van der Waals surface area contributed by atoms with E-state index >= 15 is 0 Å². The van der Waals surface area contributed by atoms with E-state index in [-0.39, 0.29) is 0 Å². The van der Waals surface area contributed by atoms with Gasteiger partial charge in [0.25, 0.3) is 0 Å². The van der Waals surface area contributed by atoms with Gasteiger partial charge >= 0.3 is 0 Å². The first-order valence-electron chi connectivity index (χ1n) is 9.08. The molecule has 132 valence electrons. The van der Waals surface area contributed by atoms with Gasteiger partial charge in [0.15, 0.2) is 0 Å². The van der Waals surface area contributed by atoms with Crippen LogP contribution in [0.5, 0.6) is 5.75 Å². The van der Waals surface area contributed by atoms with Crippen LogP contribution in [-0.4, -0.2) is 51.3 Å². The highest BCUT2D eigenvalue weighted by atomic mass is 79.9. The zero-order valence-electron chi connectivity index (χ0n) is 15.0. The maximum atomic E-state index is 5.49. The van der Waals surface area contributed by atoms with E-state index in [2.05, 4.69) is 76.4 Å². The Hall–Kier alpha value is -1.36. The molecule has 2 aromatic rings. The first-order chi connectivity index (χ1) is 12.1. The maximum Gasteiger partial charge on any atom is 0.138 e. The molecule has 1 saturated heterocycles. The second-order valence-corrected chi connectivity index (χ2v) is 8.37. The van der Waals surface area contributed by atoms with Gasteiger partial charge in [-0.15, -0.1) is 0 Å². The van der Waals surface area contributed by atoms with Crippen LogP contribution in [0.25, 0.3) is 0 Å². The zero-order chi connectivity index (χ0) is 17.4. The van der Waals surface area contributed by atoms with Crippen molar-refractivity contribution in [3.05, 3.63) is 58.6 Å². The van der Waals surface area contributed by atoms with Gasteiger partial charge in [-0.05, 0) is 34.0 Å². The molecule has 0 unspecified atom stereocenters. The Morgan fingerprint density at radius 1 is 1.08 bits per heavy atom. The molecule has 0 bridgehead atoms. The lowest BCUT2D eigenvalue weighted by Gasteiger charge is -2.42. The molecule has 0 amide bonds. The third-order valence-electron chi connectivity index (χ3n) is 5.97. The van der Waals surface area contributed by atoms with Gasteiger partial charge in [-0.1, -0.05) is 30.3 Å². The molecule has 0 spiro atoms. The fourth-order valence-electron chi connectivity index (χ4n) is 4.14. The molecule has 1 saturated carbocycles. The molecule has 2 aromatic carbocycles. The average Bonchev–Trinajstić information content (AvgIpc) is 3.44. The van der Waals surface area contributed by atoms with Crippen LogP contribution in [0.4, 0.5) is 5.69 Å². The van der Waals surface area contributed by atoms with Gasteiger partial charge < -0.3 is 4.74 Å². The molecule has 2 aliphatic rings. The fourth-order valence-corrected chi connectivity index (χ4v) is 4.55. The van der Waals surface area contributed by atoms with Crippen molar-refractivity contribution in [3.8, 4) is 5.75 Å². The van der Waals surface area contributed by atoms with Crippen LogP contribution in [0.2, 0.25) is 0 Å². The molecule has 0 aromatic heterocycles. The summed E-state index contributed by atoms with van der Waals surface area (Å²) in [6.45, 7) is 4.65. The van der Waals surface area contributed by atoms with Gasteiger partial charge in [0.2, 0.25) is 0 Å². The second-order valence-electron chi connectivity index (χ2n) is 7.52. The number of piperazine rings is 1. The Morgan fingerprint density at radius 2 is 1.80 bits per heavy atom. The number of methoxy groups -OCH3 is 1. The first kappa shape index (κ1) is 17.1. The topological polar surface area (TPSA) is 12.5 Å². The summed E-state index contributed by atoms with van der Waals surface area (Å²) >= 11 is 3.56. The van der Waals surface area contributed by atoms with Gasteiger partial charge in [0.05, 0.1) is 31.7 Å². The van der Waals surface area contributed by atoms with Crippen LogP contribution in [0, 0.1) is 0 Å². The van der Waals surface area contributed by atoms with Crippen LogP contribution in [0.3, 0.4) is 0 Å². The number of benzene rings is 2. The number of halogens is 1. The fraction of sp³-hybridized carbons (Fsp3) is 0.429. The third-order valence-corrected chi connectivity index (χ3v) is 6.63. The summed E-state index contributed by atoms with van der Waals surface area (Å²) in [4.78, 5) is 2.70. The molecule has 1 aliphatic carbocycles. The monoisotopic (exact) mass is 401 g/mol. The minimum absolute atomic E-state index is 0.742. The maximum absolute atomic E-state index is 5.49. The van der Waals surface area contributed by atoms with Crippen LogP contribution in [-0.2, 0) is 0 Å². The van der Waals surface area contributed by atoms with E-state index in [1.807, 2.05) is 0 Å². The van der Waals surface area contributed by atoms with Crippen LogP contribution in [0.15, 0.2) is 53.0 Å². The Balaban J connectivity index is 1.41. The van der Waals surface area contributed by atoms with Crippen molar-refractivity contribution in [1.82, 2.24) is 9.38 Å². The summed E-state index contributed by atoms with van der Waals surface area (Å²) in [5, 5.41) is 0. The van der Waals surface area contributed by atoms with Crippen LogP contribution >= 0.6 is 15.9 Å². The molecule has 25 heavy (non-hydrogen) atoms. The smallest absolute Gasteiger partial charge is 0.138 e. The normalized spacial score (nSPS) is 25.6. The summed E-state index contributed by atoms with van der Waals surface area (Å²) in [5.41, 5.74) is 2.85. The number of hydrogen-bond donors (Lipinski definition) is 0. The van der Waals surface area contributed by atoms with E-state index in [0.717, 1.165) is 39.8 Å². The molecule has 2 atom stereocenters. The quantitative estimate of drug-likeness (QED) is 0.709. The van der Waals surface area contributed by atoms with Gasteiger partial charge in [-0.3, -0.25) is 9.38 Å². The average molecular weight is 402 g/mol. The Bertz CT molecular complexity index is 741. The standard InChI is InChI=1S/C21H26BrN2O/c1-24(17-8-9-19(22)21(14-17)25-2)12-10-23(11-13-24)20-15-18(20)16-6-4-3-5-7-16/h3-9,14,18,20H,10-13,15H2,1-2H3/q+1/t18-,20+/m1/s1. The third kappa shape index (κ3) is 3.35. The van der Waals surface area contributed by atoms with E-state index in [0.29, 0.717) is 0 Å². The molecular weight excluding hydrogens is 376 g/mol. The summed E-state index contributed by atoms with van der Waals surface area (Å²) in [5.74, 6) is 1.66. The molecule has 2 fully saturated rings. The molecule has 4 rings (SSSR count). The molecule has 1 aliphatic heterocycles. The first-order valence-corrected chi connectivity index (χ1v) is 9.88. The largest absolute Gasteiger partial charge is 0.495 e. The van der Waals surface area contributed by atoms with E-state index < -0.39 is 0 Å². The van der Waals surface area contributed by atoms with Crippen molar-refractivity contribution in [2.45, 2.75) is 18.4 Å². The van der Waals surface area contributed by atoms with E-state index in [1.54, 1.807) is 7.11 Å². The van der Waals surface area contributed by atoms with Crippen molar-refractivity contribution in [2.75, 3.05) is 40.3 Å². The number of rotatable bonds is 4. The molecule has 1 heterocycles. The summed E-state index contributed by atoms with van der Waals surface area (Å²) in [6, 6.07) is 18.3. The number of ether oxygens (including phenoxy) is 1. The molecule has 0 radical (unpaired) electrons. The number of quaternary nitrogens is 1. The Labute approximate surface area is 158 Å². The number of likely N-dealkylation sites (N-methyl/N-ethyl adjacent to an activating group) is 1. The van der Waals surface area contributed by atoms with E-state index in [4.69, 9.17) is 4.74 Å². The molecule has 0 N–H and O–H groups in total. The highest BCUT2D eigenvalue weighted by Gasteiger charge is 2.45.